The van der Waals surface area contributed by atoms with Crippen molar-refractivity contribution in [2.75, 3.05) is 0 Å². The maximum Gasteiger partial charge on any atom is 0.0435 e. The van der Waals surface area contributed by atoms with Crippen LogP contribution in [0.4, 0.5) is 0 Å². The molecule has 1 aromatic rings. The van der Waals surface area contributed by atoms with Crippen LogP contribution in [0.3, 0.4) is 0 Å². The number of hydrogen-bond acceptors (Lipinski definition) is 1. The zero-order valence-corrected chi connectivity index (χ0v) is 10.9. The Hall–Kier alpha value is -0.850. The fourth-order valence-electron chi connectivity index (χ4n) is 1.27. The van der Waals surface area contributed by atoms with Crippen LogP contribution in [-0.2, 0) is 12.8 Å². The Morgan fingerprint density at radius 3 is 1.93 bits per heavy atom. The van der Waals surface area contributed by atoms with Crippen molar-refractivity contribution in [1.82, 2.24) is 4.98 Å². The first-order valence-electron chi connectivity index (χ1n) is 6.14. The van der Waals surface area contributed by atoms with E-state index in [4.69, 9.17) is 0 Å². The van der Waals surface area contributed by atoms with Crippen molar-refractivity contribution < 1.29 is 0 Å². The van der Waals surface area contributed by atoms with Crippen LogP contribution in [0, 0.1) is 6.92 Å². The average Bonchev–Trinajstić information content (AvgIpc) is 2.29. The van der Waals surface area contributed by atoms with Gasteiger partial charge in [-0.25, -0.2) is 0 Å². The smallest absolute Gasteiger partial charge is 0.0435 e. The molecule has 0 atom stereocenters. The summed E-state index contributed by atoms with van der Waals surface area (Å²) in [4.78, 5) is 4.46. The normalized spacial score (nSPS) is 9.40. The summed E-state index contributed by atoms with van der Waals surface area (Å²) < 4.78 is 0. The quantitative estimate of drug-likeness (QED) is 0.719. The predicted octanol–water partition coefficient (Wildman–Crippen LogP) is 4.32. The minimum Gasteiger partial charge on any atom is -0.258 e. The second kappa shape index (κ2) is 8.46. The minimum absolute atomic E-state index is 1.05. The van der Waals surface area contributed by atoms with Gasteiger partial charge in [0.15, 0.2) is 0 Å². The van der Waals surface area contributed by atoms with Gasteiger partial charge in [0.25, 0.3) is 0 Å². The molecule has 1 rings (SSSR count). The zero-order chi connectivity index (χ0) is 11.7. The highest BCUT2D eigenvalue weighted by atomic mass is 14.7. The maximum atomic E-state index is 4.46. The first-order chi connectivity index (χ1) is 7.19. The molecule has 0 amide bonds. The van der Waals surface area contributed by atoms with Gasteiger partial charge in [-0.3, -0.25) is 4.98 Å². The molecule has 0 N–H and O–H groups in total. The molecule has 86 valence electrons. The van der Waals surface area contributed by atoms with Crippen molar-refractivity contribution in [3.63, 3.8) is 0 Å². The summed E-state index contributed by atoms with van der Waals surface area (Å²) in [6, 6.07) is 4.26. The van der Waals surface area contributed by atoms with E-state index in [1.807, 2.05) is 6.92 Å². The summed E-state index contributed by atoms with van der Waals surface area (Å²) >= 11 is 0. The summed E-state index contributed by atoms with van der Waals surface area (Å²) in [7, 11) is 0. The molecule has 1 nitrogen and oxygen atoms in total. The van der Waals surface area contributed by atoms with Crippen LogP contribution in [0.5, 0.6) is 0 Å². The molecule has 0 aliphatic rings. The molecule has 1 heterocycles. The molecular weight excluding hydrogens is 182 g/mol. The van der Waals surface area contributed by atoms with E-state index in [0.717, 1.165) is 18.5 Å². The SMILES string of the molecule is CCCC.CCc1ccc(C)nc1CC. The van der Waals surface area contributed by atoms with Gasteiger partial charge in [-0.05, 0) is 31.4 Å². The standard InChI is InChI=1S/C10H15N.C4H10/c1-4-9-7-6-8(3)11-10(9)5-2;1-3-4-2/h6-7H,4-5H2,1-3H3;3-4H2,1-2H3. The first-order valence-corrected chi connectivity index (χ1v) is 6.14. The van der Waals surface area contributed by atoms with Gasteiger partial charge < -0.3 is 0 Å². The van der Waals surface area contributed by atoms with E-state index in [1.165, 1.54) is 24.1 Å². The van der Waals surface area contributed by atoms with Crippen LogP contribution in [0.25, 0.3) is 0 Å². The molecule has 0 radical (unpaired) electrons. The van der Waals surface area contributed by atoms with Gasteiger partial charge in [-0.15, -0.1) is 0 Å². The number of rotatable bonds is 3. The molecule has 0 unspecified atom stereocenters. The number of hydrogen-bond donors (Lipinski definition) is 0. The largest absolute Gasteiger partial charge is 0.258 e. The van der Waals surface area contributed by atoms with Gasteiger partial charge in [0.1, 0.15) is 0 Å². The van der Waals surface area contributed by atoms with Crippen LogP contribution in [0.1, 0.15) is 57.5 Å². The lowest BCUT2D eigenvalue weighted by Gasteiger charge is -2.04. The topological polar surface area (TPSA) is 12.9 Å². The van der Waals surface area contributed by atoms with Gasteiger partial charge in [0.05, 0.1) is 0 Å². The molecule has 1 aromatic heterocycles. The van der Waals surface area contributed by atoms with Crippen molar-refractivity contribution in [1.29, 1.82) is 0 Å². The Bertz CT molecular complexity index is 264. The third-order valence-electron chi connectivity index (χ3n) is 2.42. The number of aryl methyl sites for hydroxylation is 3. The summed E-state index contributed by atoms with van der Waals surface area (Å²) in [5, 5.41) is 0. The number of aromatic nitrogens is 1. The molecular formula is C14H25N. The van der Waals surface area contributed by atoms with Gasteiger partial charge in [-0.1, -0.05) is 46.6 Å². The summed E-state index contributed by atoms with van der Waals surface area (Å²) in [5.41, 5.74) is 3.77. The van der Waals surface area contributed by atoms with Crippen LogP contribution in [0.15, 0.2) is 12.1 Å². The zero-order valence-electron chi connectivity index (χ0n) is 10.9. The fourth-order valence-corrected chi connectivity index (χ4v) is 1.27. The van der Waals surface area contributed by atoms with Crippen molar-refractivity contribution in [2.45, 2.75) is 60.3 Å². The van der Waals surface area contributed by atoms with Crippen LogP contribution >= 0.6 is 0 Å². The number of nitrogens with zero attached hydrogens (tertiary/aromatic N) is 1. The van der Waals surface area contributed by atoms with E-state index >= 15 is 0 Å². The summed E-state index contributed by atoms with van der Waals surface area (Å²) in [6.45, 7) is 10.7. The van der Waals surface area contributed by atoms with Crippen LogP contribution in [0.2, 0.25) is 0 Å². The van der Waals surface area contributed by atoms with Gasteiger partial charge in [0.2, 0.25) is 0 Å². The van der Waals surface area contributed by atoms with E-state index < -0.39 is 0 Å². The van der Waals surface area contributed by atoms with E-state index in [0.29, 0.717) is 0 Å². The van der Waals surface area contributed by atoms with Gasteiger partial charge >= 0.3 is 0 Å². The Balaban J connectivity index is 0.000000423. The molecule has 15 heavy (non-hydrogen) atoms. The van der Waals surface area contributed by atoms with Crippen molar-refractivity contribution in [2.24, 2.45) is 0 Å². The molecule has 0 aromatic carbocycles. The molecule has 1 heteroatoms. The maximum absolute atomic E-state index is 4.46. The highest BCUT2D eigenvalue weighted by Crippen LogP contribution is 2.08. The molecule has 0 saturated heterocycles. The molecule has 0 bridgehead atoms. The second-order valence-electron chi connectivity index (χ2n) is 3.77. The third-order valence-corrected chi connectivity index (χ3v) is 2.42. The second-order valence-corrected chi connectivity index (χ2v) is 3.77. The fraction of sp³-hybridized carbons (Fsp3) is 0.643. The molecule has 0 aliphatic heterocycles. The van der Waals surface area contributed by atoms with Crippen molar-refractivity contribution in [3.8, 4) is 0 Å². The summed E-state index contributed by atoms with van der Waals surface area (Å²) in [5.74, 6) is 0. The highest BCUT2D eigenvalue weighted by Gasteiger charge is 1.98. The van der Waals surface area contributed by atoms with E-state index in [-0.39, 0.29) is 0 Å². The Morgan fingerprint density at radius 2 is 1.53 bits per heavy atom. The Labute approximate surface area is 94.9 Å². The van der Waals surface area contributed by atoms with Gasteiger partial charge in [0, 0.05) is 11.4 Å². The lowest BCUT2D eigenvalue weighted by atomic mass is 10.1. The van der Waals surface area contributed by atoms with Crippen molar-refractivity contribution >= 4 is 0 Å². The molecule has 0 spiro atoms. The van der Waals surface area contributed by atoms with Crippen LogP contribution in [-0.4, -0.2) is 4.98 Å². The summed E-state index contributed by atoms with van der Waals surface area (Å²) in [6.07, 6.45) is 4.78. The lowest BCUT2D eigenvalue weighted by molar-refractivity contribution is 0.886. The Morgan fingerprint density at radius 1 is 0.933 bits per heavy atom. The van der Waals surface area contributed by atoms with Crippen LogP contribution < -0.4 is 0 Å². The molecule has 0 fully saturated rings. The van der Waals surface area contributed by atoms with Crippen molar-refractivity contribution in [3.05, 3.63) is 29.1 Å². The number of unbranched alkanes of at least 4 members (excludes halogenated alkanes) is 1. The third kappa shape index (κ3) is 5.56. The Kier molecular flexibility index (Phi) is 7.98. The van der Waals surface area contributed by atoms with E-state index in [1.54, 1.807) is 0 Å². The molecule has 0 aliphatic carbocycles. The monoisotopic (exact) mass is 207 g/mol. The number of pyridine rings is 1. The average molecular weight is 207 g/mol. The van der Waals surface area contributed by atoms with E-state index in [2.05, 4.69) is 44.8 Å². The predicted molar refractivity (Wildman–Crippen MR) is 68.3 cm³/mol. The molecule has 0 saturated carbocycles. The van der Waals surface area contributed by atoms with E-state index in [9.17, 15) is 0 Å². The highest BCUT2D eigenvalue weighted by molar-refractivity contribution is 5.22. The lowest BCUT2D eigenvalue weighted by Crippen LogP contribution is -1.96. The van der Waals surface area contributed by atoms with Gasteiger partial charge in [-0.2, -0.15) is 0 Å². The first kappa shape index (κ1) is 14.2. The minimum atomic E-state index is 1.05.